The number of nitrogens with one attached hydrogen (secondary N) is 1. The molecule has 0 radical (unpaired) electrons. The van der Waals surface area contributed by atoms with Gasteiger partial charge in [-0.15, -0.1) is 0 Å². The van der Waals surface area contributed by atoms with E-state index in [1.165, 1.54) is 11.4 Å². The van der Waals surface area contributed by atoms with Gasteiger partial charge in [-0.1, -0.05) is 6.92 Å². The predicted octanol–water partition coefficient (Wildman–Crippen LogP) is 2.12. The van der Waals surface area contributed by atoms with Crippen LogP contribution in [0.25, 0.3) is 0 Å². The maximum absolute atomic E-state index is 4.48. The van der Waals surface area contributed by atoms with Gasteiger partial charge in [0.2, 0.25) is 0 Å². The molecule has 0 spiro atoms. The second kappa shape index (κ2) is 5.79. The number of aryl methyl sites for hydroxylation is 2. The molecule has 0 bridgehead atoms. The molecular weight excluding hydrogens is 250 g/mol. The molecule has 0 aliphatic rings. The SMILES string of the molecule is CCc1cc(Cn2nccc2CNC(C)(C)C)n(C)n1. The summed E-state index contributed by atoms with van der Waals surface area (Å²) < 4.78 is 3.98. The monoisotopic (exact) mass is 275 g/mol. The first-order valence-electron chi connectivity index (χ1n) is 7.16. The van der Waals surface area contributed by atoms with Crippen molar-refractivity contribution in [1.29, 1.82) is 0 Å². The van der Waals surface area contributed by atoms with Gasteiger partial charge in [-0.2, -0.15) is 10.2 Å². The molecule has 5 nitrogen and oxygen atoms in total. The van der Waals surface area contributed by atoms with Crippen LogP contribution in [0.15, 0.2) is 18.3 Å². The predicted molar refractivity (Wildman–Crippen MR) is 80.5 cm³/mol. The van der Waals surface area contributed by atoms with Crippen LogP contribution in [-0.2, 0) is 26.6 Å². The minimum atomic E-state index is 0.108. The van der Waals surface area contributed by atoms with Crippen molar-refractivity contribution in [1.82, 2.24) is 24.9 Å². The van der Waals surface area contributed by atoms with E-state index in [9.17, 15) is 0 Å². The van der Waals surface area contributed by atoms with Crippen LogP contribution in [0.3, 0.4) is 0 Å². The third kappa shape index (κ3) is 3.70. The van der Waals surface area contributed by atoms with Crippen molar-refractivity contribution < 1.29 is 0 Å². The Morgan fingerprint density at radius 1 is 1.25 bits per heavy atom. The Morgan fingerprint density at radius 3 is 2.60 bits per heavy atom. The summed E-state index contributed by atoms with van der Waals surface area (Å²) in [5.74, 6) is 0. The Labute approximate surface area is 121 Å². The van der Waals surface area contributed by atoms with E-state index in [1.54, 1.807) is 0 Å². The van der Waals surface area contributed by atoms with E-state index in [4.69, 9.17) is 0 Å². The second-order valence-electron chi connectivity index (χ2n) is 6.19. The van der Waals surface area contributed by atoms with E-state index in [-0.39, 0.29) is 5.54 Å². The molecule has 2 aromatic heterocycles. The standard InChI is InChI=1S/C15H25N5/c1-6-12-9-14(19(5)18-12)11-20-13(7-8-17-20)10-16-15(2,3)4/h7-9,16H,6,10-11H2,1-5H3. The molecule has 20 heavy (non-hydrogen) atoms. The highest BCUT2D eigenvalue weighted by molar-refractivity contribution is 5.12. The van der Waals surface area contributed by atoms with E-state index in [2.05, 4.69) is 55.3 Å². The van der Waals surface area contributed by atoms with Crippen molar-refractivity contribution in [2.75, 3.05) is 0 Å². The van der Waals surface area contributed by atoms with Gasteiger partial charge in [0.1, 0.15) is 0 Å². The molecule has 2 rings (SSSR count). The first-order chi connectivity index (χ1) is 9.39. The lowest BCUT2D eigenvalue weighted by Crippen LogP contribution is -2.35. The molecular formula is C15H25N5. The minimum absolute atomic E-state index is 0.108. The summed E-state index contributed by atoms with van der Waals surface area (Å²) in [6.45, 7) is 10.2. The smallest absolute Gasteiger partial charge is 0.0831 e. The van der Waals surface area contributed by atoms with Crippen molar-refractivity contribution in [3.63, 3.8) is 0 Å². The van der Waals surface area contributed by atoms with Crippen LogP contribution < -0.4 is 5.32 Å². The third-order valence-corrected chi connectivity index (χ3v) is 3.31. The van der Waals surface area contributed by atoms with Gasteiger partial charge >= 0.3 is 0 Å². The molecule has 5 heteroatoms. The van der Waals surface area contributed by atoms with Crippen molar-refractivity contribution >= 4 is 0 Å². The van der Waals surface area contributed by atoms with E-state index >= 15 is 0 Å². The lowest BCUT2D eigenvalue weighted by Gasteiger charge is -2.20. The van der Waals surface area contributed by atoms with Gasteiger partial charge in [-0.3, -0.25) is 9.36 Å². The Kier molecular flexibility index (Phi) is 4.28. The number of hydrogen-bond donors (Lipinski definition) is 1. The molecule has 0 saturated heterocycles. The fraction of sp³-hybridized carbons (Fsp3) is 0.600. The van der Waals surface area contributed by atoms with Crippen LogP contribution in [0.2, 0.25) is 0 Å². The molecule has 2 aromatic rings. The average Bonchev–Trinajstić information content (AvgIpc) is 2.94. The molecule has 0 aromatic carbocycles. The lowest BCUT2D eigenvalue weighted by molar-refractivity contribution is 0.413. The van der Waals surface area contributed by atoms with Crippen molar-refractivity contribution in [3.8, 4) is 0 Å². The van der Waals surface area contributed by atoms with E-state index < -0.39 is 0 Å². The zero-order valence-corrected chi connectivity index (χ0v) is 13.1. The topological polar surface area (TPSA) is 47.7 Å². The minimum Gasteiger partial charge on any atom is -0.306 e. The van der Waals surface area contributed by atoms with Gasteiger partial charge < -0.3 is 5.32 Å². The van der Waals surface area contributed by atoms with Crippen LogP contribution in [0.5, 0.6) is 0 Å². The summed E-state index contributed by atoms with van der Waals surface area (Å²) in [5, 5.41) is 12.4. The Balaban J connectivity index is 2.10. The molecule has 0 amide bonds. The molecule has 0 saturated carbocycles. The van der Waals surface area contributed by atoms with Crippen molar-refractivity contribution in [2.24, 2.45) is 7.05 Å². The molecule has 0 aliphatic heterocycles. The maximum atomic E-state index is 4.48. The van der Waals surface area contributed by atoms with Crippen LogP contribution >= 0.6 is 0 Å². The molecule has 110 valence electrons. The first kappa shape index (κ1) is 14.8. The average molecular weight is 275 g/mol. The van der Waals surface area contributed by atoms with E-state index in [0.717, 1.165) is 25.2 Å². The van der Waals surface area contributed by atoms with Crippen molar-refractivity contribution in [3.05, 3.63) is 35.4 Å². The Bertz CT molecular complexity index is 559. The molecule has 2 heterocycles. The highest BCUT2D eigenvalue weighted by Gasteiger charge is 2.12. The summed E-state index contributed by atoms with van der Waals surface area (Å²) in [4.78, 5) is 0. The fourth-order valence-corrected chi connectivity index (χ4v) is 2.05. The number of rotatable bonds is 5. The molecule has 0 atom stereocenters. The van der Waals surface area contributed by atoms with Crippen molar-refractivity contribution in [2.45, 2.75) is 52.7 Å². The highest BCUT2D eigenvalue weighted by atomic mass is 15.3. The van der Waals surface area contributed by atoms with Gasteiger partial charge in [0.05, 0.1) is 23.6 Å². The Hall–Kier alpha value is -1.62. The largest absolute Gasteiger partial charge is 0.306 e. The van der Waals surface area contributed by atoms with Gasteiger partial charge in [0.25, 0.3) is 0 Å². The highest BCUT2D eigenvalue weighted by Crippen LogP contribution is 2.09. The van der Waals surface area contributed by atoms with Crippen LogP contribution in [-0.4, -0.2) is 25.1 Å². The van der Waals surface area contributed by atoms with Gasteiger partial charge in [0.15, 0.2) is 0 Å². The van der Waals surface area contributed by atoms with Gasteiger partial charge in [-0.05, 0) is 39.3 Å². The summed E-state index contributed by atoms with van der Waals surface area (Å²) in [5.41, 5.74) is 3.61. The normalized spacial score (nSPS) is 12.1. The van der Waals surface area contributed by atoms with Crippen LogP contribution in [0.1, 0.15) is 44.8 Å². The zero-order valence-electron chi connectivity index (χ0n) is 13.1. The second-order valence-corrected chi connectivity index (χ2v) is 6.19. The quantitative estimate of drug-likeness (QED) is 0.909. The molecule has 0 aliphatic carbocycles. The Morgan fingerprint density at radius 2 is 2.00 bits per heavy atom. The van der Waals surface area contributed by atoms with Crippen LogP contribution in [0, 0.1) is 0 Å². The summed E-state index contributed by atoms with van der Waals surface area (Å²) in [7, 11) is 1.99. The fourth-order valence-electron chi connectivity index (χ4n) is 2.05. The number of aromatic nitrogens is 4. The van der Waals surface area contributed by atoms with E-state index in [0.29, 0.717) is 0 Å². The zero-order chi connectivity index (χ0) is 14.8. The molecule has 0 unspecified atom stereocenters. The van der Waals surface area contributed by atoms with E-state index in [1.807, 2.05) is 22.6 Å². The maximum Gasteiger partial charge on any atom is 0.0831 e. The summed E-state index contributed by atoms with van der Waals surface area (Å²) >= 11 is 0. The van der Waals surface area contributed by atoms with Crippen LogP contribution in [0.4, 0.5) is 0 Å². The van der Waals surface area contributed by atoms with Gasteiger partial charge in [0, 0.05) is 25.3 Å². The summed E-state index contributed by atoms with van der Waals surface area (Å²) in [6.07, 6.45) is 2.82. The number of hydrogen-bond acceptors (Lipinski definition) is 3. The summed E-state index contributed by atoms with van der Waals surface area (Å²) in [6, 6.07) is 4.22. The first-order valence-corrected chi connectivity index (χ1v) is 7.16. The molecule has 1 N–H and O–H groups in total. The molecule has 0 fully saturated rings. The third-order valence-electron chi connectivity index (χ3n) is 3.31. The van der Waals surface area contributed by atoms with Gasteiger partial charge in [-0.25, -0.2) is 0 Å². The number of nitrogens with zero attached hydrogens (tertiary/aromatic N) is 4. The lowest BCUT2D eigenvalue weighted by atomic mass is 10.1.